The third kappa shape index (κ3) is 2.39. The fraction of sp³-hybridized carbons (Fsp3) is 0.100. The van der Waals surface area contributed by atoms with Crippen molar-refractivity contribution in [2.45, 2.75) is 4.90 Å². The van der Waals surface area contributed by atoms with E-state index in [0.717, 1.165) is 6.26 Å². The summed E-state index contributed by atoms with van der Waals surface area (Å²) in [6.45, 7) is 0. The minimum absolute atomic E-state index is 0.124. The minimum Gasteiger partial charge on any atom is -0.298 e. The maximum absolute atomic E-state index is 11.3. The number of sulfone groups is 1. The van der Waals surface area contributed by atoms with Crippen molar-refractivity contribution < 1.29 is 13.2 Å². The highest BCUT2D eigenvalue weighted by atomic mass is 32.2. The molecule has 0 radical (unpaired) electrons. The Morgan fingerprint density at radius 2 is 2.06 bits per heavy atom. The number of hydrogen-bond donors (Lipinski definition) is 0. The van der Waals surface area contributed by atoms with Gasteiger partial charge in [0.1, 0.15) is 4.90 Å². The van der Waals surface area contributed by atoms with Crippen LogP contribution in [0.2, 0.25) is 0 Å². The third-order valence-corrected chi connectivity index (χ3v) is 3.20. The van der Waals surface area contributed by atoms with Crippen molar-refractivity contribution in [3.8, 4) is 5.82 Å². The predicted octanol–water partition coefficient (Wildman–Crippen LogP) is 0.483. The number of hydrogen-bond acceptors (Lipinski definition) is 5. The van der Waals surface area contributed by atoms with Crippen LogP contribution in [-0.2, 0) is 9.84 Å². The normalized spacial score (nSPS) is 11.4. The molecular formula is C10H9N3O3S. The zero-order valence-electron chi connectivity index (χ0n) is 8.94. The van der Waals surface area contributed by atoms with Gasteiger partial charge in [0, 0.05) is 18.0 Å². The molecule has 88 valence electrons. The molecule has 17 heavy (non-hydrogen) atoms. The second kappa shape index (κ2) is 4.10. The van der Waals surface area contributed by atoms with E-state index in [2.05, 4.69) is 10.1 Å². The molecule has 0 amide bonds. The molecule has 0 saturated carbocycles. The molecule has 6 nitrogen and oxygen atoms in total. The molecule has 0 aliphatic carbocycles. The van der Waals surface area contributed by atoms with Gasteiger partial charge in [-0.1, -0.05) is 0 Å². The average molecular weight is 251 g/mol. The van der Waals surface area contributed by atoms with E-state index in [-0.39, 0.29) is 4.90 Å². The fourth-order valence-electron chi connectivity index (χ4n) is 1.23. The van der Waals surface area contributed by atoms with Gasteiger partial charge < -0.3 is 0 Å². The Hall–Kier alpha value is -2.02. The van der Waals surface area contributed by atoms with Crippen LogP contribution in [0.15, 0.2) is 35.6 Å². The molecule has 0 aliphatic heterocycles. The molecule has 2 aromatic heterocycles. The smallest absolute Gasteiger partial charge is 0.178 e. The number of pyridine rings is 1. The van der Waals surface area contributed by atoms with Crippen LogP contribution in [0.5, 0.6) is 0 Å². The quantitative estimate of drug-likeness (QED) is 0.741. The van der Waals surface area contributed by atoms with Crippen LogP contribution in [0.3, 0.4) is 0 Å². The molecule has 2 rings (SSSR count). The Morgan fingerprint density at radius 1 is 1.29 bits per heavy atom. The SMILES string of the molecule is CS(=O)(=O)c1cnn(-c2ccc(C=O)cn2)c1. The van der Waals surface area contributed by atoms with E-state index in [1.807, 2.05) is 0 Å². The van der Waals surface area contributed by atoms with Crippen LogP contribution in [0.25, 0.3) is 5.82 Å². The van der Waals surface area contributed by atoms with Gasteiger partial charge in [0.05, 0.1) is 12.4 Å². The summed E-state index contributed by atoms with van der Waals surface area (Å²) >= 11 is 0. The van der Waals surface area contributed by atoms with E-state index in [9.17, 15) is 13.2 Å². The second-order valence-electron chi connectivity index (χ2n) is 3.46. The molecule has 0 aromatic carbocycles. The van der Waals surface area contributed by atoms with Gasteiger partial charge in [-0.05, 0) is 12.1 Å². The number of carbonyl (C=O) groups is 1. The van der Waals surface area contributed by atoms with Gasteiger partial charge in [-0.3, -0.25) is 4.79 Å². The summed E-state index contributed by atoms with van der Waals surface area (Å²) in [6, 6.07) is 3.17. The van der Waals surface area contributed by atoms with Crippen molar-refractivity contribution >= 4 is 16.1 Å². The van der Waals surface area contributed by atoms with Crippen molar-refractivity contribution in [2.75, 3.05) is 6.26 Å². The summed E-state index contributed by atoms with van der Waals surface area (Å²) in [5.74, 6) is 0.450. The van der Waals surface area contributed by atoms with Crippen molar-refractivity contribution in [1.29, 1.82) is 0 Å². The molecule has 0 fully saturated rings. The lowest BCUT2D eigenvalue weighted by Gasteiger charge is -1.99. The molecule has 0 atom stereocenters. The summed E-state index contributed by atoms with van der Waals surface area (Å²) in [6.07, 6.45) is 5.81. The molecule has 7 heteroatoms. The molecule has 0 bridgehead atoms. The summed E-state index contributed by atoms with van der Waals surface area (Å²) in [4.78, 5) is 14.6. The van der Waals surface area contributed by atoms with Crippen LogP contribution < -0.4 is 0 Å². The van der Waals surface area contributed by atoms with E-state index in [0.29, 0.717) is 17.7 Å². The summed E-state index contributed by atoms with van der Waals surface area (Å²) in [5.41, 5.74) is 0.448. The van der Waals surface area contributed by atoms with Crippen LogP contribution in [0, 0.1) is 0 Å². The zero-order chi connectivity index (χ0) is 12.5. The lowest BCUT2D eigenvalue weighted by molar-refractivity contribution is 0.112. The Bertz CT molecular complexity index is 644. The highest BCUT2D eigenvalue weighted by Gasteiger charge is 2.10. The largest absolute Gasteiger partial charge is 0.298 e. The topological polar surface area (TPSA) is 81.9 Å². The summed E-state index contributed by atoms with van der Waals surface area (Å²) in [7, 11) is -3.27. The molecule has 2 heterocycles. The molecule has 0 saturated heterocycles. The van der Waals surface area contributed by atoms with Crippen LogP contribution in [0.1, 0.15) is 10.4 Å². The third-order valence-electron chi connectivity index (χ3n) is 2.13. The molecule has 0 aliphatic rings. The standard InChI is InChI=1S/C10H9N3O3S/c1-17(15,16)9-5-12-13(6-9)10-3-2-8(7-14)4-11-10/h2-7H,1H3. The van der Waals surface area contributed by atoms with Gasteiger partial charge in [-0.25, -0.2) is 18.1 Å². The Kier molecular flexibility index (Phi) is 2.76. The van der Waals surface area contributed by atoms with E-state index >= 15 is 0 Å². The van der Waals surface area contributed by atoms with E-state index < -0.39 is 9.84 Å². The van der Waals surface area contributed by atoms with Gasteiger partial charge in [-0.2, -0.15) is 5.10 Å². The van der Waals surface area contributed by atoms with Crippen molar-refractivity contribution in [3.05, 3.63) is 36.3 Å². The molecular weight excluding hydrogens is 242 g/mol. The van der Waals surface area contributed by atoms with Crippen molar-refractivity contribution in [3.63, 3.8) is 0 Å². The zero-order valence-corrected chi connectivity index (χ0v) is 9.76. The molecule has 0 N–H and O–H groups in total. The minimum atomic E-state index is -3.27. The summed E-state index contributed by atoms with van der Waals surface area (Å²) in [5, 5.41) is 3.90. The van der Waals surface area contributed by atoms with Gasteiger partial charge in [-0.15, -0.1) is 0 Å². The average Bonchev–Trinajstić information content (AvgIpc) is 2.78. The first-order valence-corrected chi connectivity index (χ1v) is 6.56. The van der Waals surface area contributed by atoms with Crippen LogP contribution in [0.4, 0.5) is 0 Å². The summed E-state index contributed by atoms with van der Waals surface area (Å²) < 4.78 is 23.9. The lowest BCUT2D eigenvalue weighted by atomic mass is 10.3. The van der Waals surface area contributed by atoms with E-state index in [1.54, 1.807) is 12.1 Å². The molecule has 0 spiro atoms. The van der Waals surface area contributed by atoms with Crippen LogP contribution >= 0.6 is 0 Å². The number of rotatable bonds is 3. The molecule has 0 unspecified atom stereocenters. The number of nitrogens with zero attached hydrogens (tertiary/aromatic N) is 3. The van der Waals surface area contributed by atoms with Gasteiger partial charge in [0.25, 0.3) is 0 Å². The Labute approximate surface area is 97.8 Å². The first-order valence-electron chi connectivity index (χ1n) is 4.67. The molecule has 2 aromatic rings. The first-order chi connectivity index (χ1) is 8.00. The highest BCUT2D eigenvalue weighted by Crippen LogP contribution is 2.10. The highest BCUT2D eigenvalue weighted by molar-refractivity contribution is 7.90. The van der Waals surface area contributed by atoms with Crippen LogP contribution in [-0.4, -0.2) is 35.7 Å². The van der Waals surface area contributed by atoms with Gasteiger partial charge >= 0.3 is 0 Å². The van der Waals surface area contributed by atoms with Crippen molar-refractivity contribution in [1.82, 2.24) is 14.8 Å². The van der Waals surface area contributed by atoms with E-state index in [4.69, 9.17) is 0 Å². The van der Waals surface area contributed by atoms with Gasteiger partial charge in [0.2, 0.25) is 0 Å². The number of carbonyl (C=O) groups excluding carboxylic acids is 1. The van der Waals surface area contributed by atoms with Crippen molar-refractivity contribution in [2.24, 2.45) is 0 Å². The van der Waals surface area contributed by atoms with Gasteiger partial charge in [0.15, 0.2) is 21.9 Å². The predicted molar refractivity (Wildman–Crippen MR) is 59.9 cm³/mol. The van der Waals surface area contributed by atoms with E-state index in [1.165, 1.54) is 23.3 Å². The number of aromatic nitrogens is 3. The monoisotopic (exact) mass is 251 g/mol. The second-order valence-corrected chi connectivity index (χ2v) is 5.48. The maximum Gasteiger partial charge on any atom is 0.178 e. The fourth-order valence-corrected chi connectivity index (χ4v) is 1.76. The number of aldehydes is 1. The lowest BCUT2D eigenvalue weighted by Crippen LogP contribution is -1.99. The Morgan fingerprint density at radius 3 is 2.53 bits per heavy atom. The Balaban J connectivity index is 2.40. The maximum atomic E-state index is 11.3. The first kappa shape index (κ1) is 11.5.